The molecule has 2 aliphatic rings. The van der Waals surface area contributed by atoms with E-state index in [4.69, 9.17) is 0 Å². The summed E-state index contributed by atoms with van der Waals surface area (Å²) in [5.74, 6) is 0.812. The summed E-state index contributed by atoms with van der Waals surface area (Å²) in [5, 5.41) is 0. The molecule has 0 N–H and O–H groups in total. The maximum Gasteiger partial charge on any atom is 0.332 e. The number of rotatable bonds is 3. The second-order valence-electron chi connectivity index (χ2n) is 7.10. The van der Waals surface area contributed by atoms with Crippen molar-refractivity contribution in [3.63, 3.8) is 0 Å². The smallest absolute Gasteiger partial charge is 0.332 e. The van der Waals surface area contributed by atoms with Crippen LogP contribution < -0.4 is 9.80 Å². The number of carbonyl (C=O) groups is 2. The van der Waals surface area contributed by atoms with Crippen molar-refractivity contribution in [1.29, 1.82) is 0 Å². The Morgan fingerprint density at radius 1 is 1.00 bits per heavy atom. The van der Waals surface area contributed by atoms with Crippen LogP contribution in [0.4, 0.5) is 16.3 Å². The van der Waals surface area contributed by atoms with Crippen molar-refractivity contribution < 1.29 is 9.59 Å². The van der Waals surface area contributed by atoms with E-state index in [1.165, 1.54) is 4.90 Å². The van der Waals surface area contributed by atoms with Crippen molar-refractivity contribution in [2.75, 3.05) is 29.4 Å². The number of aryl methyl sites for hydroxylation is 1. The largest absolute Gasteiger partial charge is 0.356 e. The maximum atomic E-state index is 12.9. The van der Waals surface area contributed by atoms with Crippen LogP contribution in [0.3, 0.4) is 0 Å². The molecule has 0 radical (unpaired) electrons. The maximum absolute atomic E-state index is 12.9. The molecule has 2 saturated heterocycles. The zero-order chi connectivity index (χ0) is 19.0. The minimum Gasteiger partial charge on any atom is -0.356 e. The van der Waals surface area contributed by atoms with Gasteiger partial charge in [0.25, 0.3) is 5.91 Å². The molecule has 1 aromatic carbocycles. The Kier molecular flexibility index (Phi) is 4.51. The predicted octanol–water partition coefficient (Wildman–Crippen LogP) is 2.53. The average Bonchev–Trinajstić information content (AvgIpc) is 2.99. The van der Waals surface area contributed by atoms with E-state index < -0.39 is 0 Å². The lowest BCUT2D eigenvalue weighted by Crippen LogP contribution is -2.47. The number of carbonyl (C=O) groups excluding carboxylic acids is 2. The summed E-state index contributed by atoms with van der Waals surface area (Å²) >= 11 is 0. The fraction of sp³-hybridized carbons (Fsp3) is 0.400. The number of aromatic nitrogens is 2. The van der Waals surface area contributed by atoms with Crippen LogP contribution in [0.5, 0.6) is 0 Å². The van der Waals surface area contributed by atoms with Gasteiger partial charge in [-0.15, -0.1) is 0 Å². The first-order chi connectivity index (χ1) is 13.1. The van der Waals surface area contributed by atoms with Gasteiger partial charge in [0.05, 0.1) is 5.69 Å². The van der Waals surface area contributed by atoms with Crippen LogP contribution in [0.1, 0.15) is 24.1 Å². The predicted molar refractivity (Wildman–Crippen MR) is 103 cm³/mol. The fourth-order valence-corrected chi connectivity index (χ4v) is 3.87. The lowest BCUT2D eigenvalue weighted by Gasteiger charge is -2.37. The van der Waals surface area contributed by atoms with Crippen LogP contribution >= 0.6 is 0 Å². The Morgan fingerprint density at radius 3 is 2.41 bits per heavy atom. The third-order valence-electron chi connectivity index (χ3n) is 5.52. The lowest BCUT2D eigenvalue weighted by atomic mass is 10.0. The molecule has 0 spiro atoms. The van der Waals surface area contributed by atoms with Gasteiger partial charge in [-0.3, -0.25) is 4.79 Å². The first-order valence-electron chi connectivity index (χ1n) is 9.28. The van der Waals surface area contributed by atoms with Gasteiger partial charge in [-0.05, 0) is 38.8 Å². The summed E-state index contributed by atoms with van der Waals surface area (Å²) in [4.78, 5) is 39.2. The lowest BCUT2D eigenvalue weighted by molar-refractivity contribution is -0.116. The number of hydrogen-bond donors (Lipinski definition) is 0. The van der Waals surface area contributed by atoms with Crippen LogP contribution in [-0.2, 0) is 4.79 Å². The van der Waals surface area contributed by atoms with Gasteiger partial charge in [-0.25, -0.2) is 19.7 Å². The van der Waals surface area contributed by atoms with E-state index in [0.717, 1.165) is 43.0 Å². The Hall–Kier alpha value is -2.96. The van der Waals surface area contributed by atoms with Crippen molar-refractivity contribution in [2.24, 2.45) is 0 Å². The minimum atomic E-state index is -0.210. The van der Waals surface area contributed by atoms with Crippen LogP contribution in [0, 0.1) is 13.8 Å². The summed E-state index contributed by atoms with van der Waals surface area (Å²) < 4.78 is 0. The van der Waals surface area contributed by atoms with Gasteiger partial charge >= 0.3 is 6.03 Å². The normalized spacial score (nSPS) is 18.5. The molecule has 0 aliphatic carbocycles. The minimum absolute atomic E-state index is 0.0784. The number of para-hydroxylation sites is 1. The summed E-state index contributed by atoms with van der Waals surface area (Å²) in [6.07, 6.45) is 3.25. The van der Waals surface area contributed by atoms with Crippen LogP contribution in [0.15, 0.2) is 36.7 Å². The van der Waals surface area contributed by atoms with Gasteiger partial charge in [0.1, 0.15) is 18.7 Å². The highest BCUT2D eigenvalue weighted by atomic mass is 16.2. The number of urea groups is 1. The van der Waals surface area contributed by atoms with Crippen molar-refractivity contribution in [2.45, 2.75) is 32.7 Å². The molecule has 2 aromatic rings. The molecular weight excluding hydrogens is 342 g/mol. The van der Waals surface area contributed by atoms with Crippen molar-refractivity contribution in [1.82, 2.24) is 14.9 Å². The van der Waals surface area contributed by atoms with Gasteiger partial charge in [0.2, 0.25) is 0 Å². The van der Waals surface area contributed by atoms with Crippen molar-refractivity contribution >= 4 is 23.4 Å². The second kappa shape index (κ2) is 6.98. The molecule has 3 heterocycles. The zero-order valence-corrected chi connectivity index (χ0v) is 15.6. The molecule has 27 heavy (non-hydrogen) atoms. The summed E-state index contributed by atoms with van der Waals surface area (Å²) in [6.45, 7) is 5.80. The van der Waals surface area contributed by atoms with E-state index in [-0.39, 0.29) is 24.5 Å². The molecule has 4 rings (SSSR count). The Morgan fingerprint density at radius 2 is 1.70 bits per heavy atom. The third kappa shape index (κ3) is 3.13. The van der Waals surface area contributed by atoms with Gasteiger partial charge in [-0.2, -0.15) is 0 Å². The van der Waals surface area contributed by atoms with E-state index in [9.17, 15) is 9.59 Å². The number of imide groups is 1. The summed E-state index contributed by atoms with van der Waals surface area (Å²) in [6, 6.07) is 9.00. The first-order valence-corrected chi connectivity index (χ1v) is 9.28. The molecule has 0 unspecified atom stereocenters. The van der Waals surface area contributed by atoms with Gasteiger partial charge < -0.3 is 9.80 Å². The zero-order valence-electron chi connectivity index (χ0n) is 15.6. The number of nitrogens with zero attached hydrogens (tertiary/aromatic N) is 5. The topological polar surface area (TPSA) is 69.6 Å². The number of amides is 3. The van der Waals surface area contributed by atoms with Crippen LogP contribution in [-0.4, -0.2) is 52.5 Å². The highest BCUT2D eigenvalue weighted by Gasteiger charge is 2.41. The van der Waals surface area contributed by atoms with E-state index in [2.05, 4.69) is 14.9 Å². The summed E-state index contributed by atoms with van der Waals surface area (Å²) in [5.41, 5.74) is 2.72. The first kappa shape index (κ1) is 17.5. The van der Waals surface area contributed by atoms with Gasteiger partial charge in [0.15, 0.2) is 0 Å². The van der Waals surface area contributed by atoms with Crippen molar-refractivity contribution in [3.8, 4) is 0 Å². The molecule has 2 aliphatic heterocycles. The quantitative estimate of drug-likeness (QED) is 0.782. The average molecular weight is 365 g/mol. The molecule has 0 bridgehead atoms. The molecule has 7 heteroatoms. The van der Waals surface area contributed by atoms with Crippen LogP contribution in [0.2, 0.25) is 0 Å². The van der Waals surface area contributed by atoms with Gasteiger partial charge in [-0.1, -0.05) is 18.2 Å². The Balaban J connectivity index is 1.45. The summed E-state index contributed by atoms with van der Waals surface area (Å²) in [7, 11) is 0. The van der Waals surface area contributed by atoms with E-state index in [1.54, 1.807) is 23.4 Å². The number of anilines is 2. The van der Waals surface area contributed by atoms with Crippen LogP contribution in [0.25, 0.3) is 0 Å². The standard InChI is InChI=1S/C20H23N5O2/c1-14-15(2)21-13-22-19(14)23-10-8-16(9-11-23)24-12-18(26)25(20(24)27)17-6-4-3-5-7-17/h3-7,13,16H,8-12H2,1-2H3. The molecular formula is C20H23N5O2. The second-order valence-corrected chi connectivity index (χ2v) is 7.10. The fourth-order valence-electron chi connectivity index (χ4n) is 3.87. The number of benzene rings is 1. The SMILES string of the molecule is Cc1ncnc(N2CCC(N3CC(=O)N(c4ccccc4)C3=O)CC2)c1C. The molecule has 0 atom stereocenters. The Labute approximate surface area is 158 Å². The van der Waals surface area contributed by atoms with E-state index >= 15 is 0 Å². The third-order valence-corrected chi connectivity index (χ3v) is 5.52. The molecule has 7 nitrogen and oxygen atoms in total. The molecule has 1 aromatic heterocycles. The molecule has 0 saturated carbocycles. The monoisotopic (exact) mass is 365 g/mol. The molecule has 140 valence electrons. The molecule has 2 fully saturated rings. The highest BCUT2D eigenvalue weighted by molar-refractivity contribution is 6.19. The number of hydrogen-bond acceptors (Lipinski definition) is 5. The van der Waals surface area contributed by atoms with E-state index in [1.807, 2.05) is 32.0 Å². The van der Waals surface area contributed by atoms with Gasteiger partial charge in [0, 0.05) is 30.4 Å². The van der Waals surface area contributed by atoms with Crippen molar-refractivity contribution in [3.05, 3.63) is 47.9 Å². The Bertz CT molecular complexity index is 862. The number of piperidine rings is 1. The molecule has 3 amide bonds. The highest BCUT2D eigenvalue weighted by Crippen LogP contribution is 2.28. The van der Waals surface area contributed by atoms with E-state index in [0.29, 0.717) is 5.69 Å².